The van der Waals surface area contributed by atoms with Gasteiger partial charge >= 0.3 is 6.03 Å². The fraction of sp³-hybridized carbons (Fsp3) is 0.767. The molecule has 4 aliphatic rings. The van der Waals surface area contributed by atoms with Crippen LogP contribution in [-0.4, -0.2) is 97.9 Å². The molecule has 2 unspecified atom stereocenters. The van der Waals surface area contributed by atoms with E-state index in [9.17, 15) is 32.4 Å². The van der Waals surface area contributed by atoms with Crippen LogP contribution in [0.5, 0.6) is 0 Å². The number of ether oxygens (including phenoxy) is 1. The Bertz CT molecular complexity index is 1300. The molecule has 4 N–H and O–H groups in total. The monoisotopic (exact) mass is 637 g/mol. The minimum Gasteiger partial charge on any atom is -0.359 e. The molecule has 14 heteroatoms. The van der Waals surface area contributed by atoms with Crippen LogP contribution in [0.25, 0.3) is 0 Å². The van der Waals surface area contributed by atoms with E-state index in [0.29, 0.717) is 19.4 Å². The summed E-state index contributed by atoms with van der Waals surface area (Å²) in [5.41, 5.74) is -3.22. The molecule has 5 amide bonds. The molecule has 2 aliphatic carbocycles. The Morgan fingerprint density at radius 1 is 1.07 bits per heavy atom. The molecule has 0 aromatic carbocycles. The van der Waals surface area contributed by atoms with Gasteiger partial charge in [0.2, 0.25) is 17.6 Å². The maximum Gasteiger partial charge on any atom is 0.316 e. The molecule has 0 radical (unpaired) electrons. The molecule has 13 nitrogen and oxygen atoms in total. The van der Waals surface area contributed by atoms with Crippen LogP contribution < -0.4 is 21.3 Å². The van der Waals surface area contributed by atoms with Gasteiger partial charge < -0.3 is 30.9 Å². The third kappa shape index (κ3) is 6.65. The Morgan fingerprint density at radius 3 is 2.30 bits per heavy atom. The van der Waals surface area contributed by atoms with Crippen LogP contribution in [0.1, 0.15) is 66.7 Å². The number of fused-ring (bicyclic) bond motifs is 1. The molecule has 4 fully saturated rings. The van der Waals surface area contributed by atoms with E-state index in [1.54, 1.807) is 20.8 Å². The molecule has 2 saturated heterocycles. The standard InChI is InChI=1S/C30H47N5O8S/c1-7-13-31-23(37)19(36)16-32-24(38)21-20-18(29(20,5)6)17-35(21)25(39)22(28(2,3)4)33-27(40)34-30(11-9-8-10-12-30)26-43-14-15-44(26,41)42/h7,18,20-22,26H,1,8-17H2,2-6H3,(H,31,37)(H,32,38)(H2,33,34,40)/t18?,20?,21-,22+,26+/m0/s1. The highest BCUT2D eigenvalue weighted by Crippen LogP contribution is 2.65. The van der Waals surface area contributed by atoms with Crippen molar-refractivity contribution in [3.05, 3.63) is 12.7 Å². The van der Waals surface area contributed by atoms with E-state index in [-0.39, 0.29) is 36.2 Å². The molecule has 246 valence electrons. The van der Waals surface area contributed by atoms with Crippen LogP contribution in [0.4, 0.5) is 4.79 Å². The highest BCUT2D eigenvalue weighted by Gasteiger charge is 2.69. The molecule has 4 rings (SSSR count). The SMILES string of the molecule is C=CCNC(=O)C(=O)CNC(=O)[C@@H]1C2C(CN1C(=O)[C@@H](NC(=O)NC1([C@@H]3OCCS3(=O)=O)CCCCC1)C(C)(C)C)C2(C)C. The van der Waals surface area contributed by atoms with Crippen molar-refractivity contribution in [1.29, 1.82) is 0 Å². The van der Waals surface area contributed by atoms with Gasteiger partial charge in [-0.05, 0) is 35.5 Å². The minimum atomic E-state index is -3.57. The van der Waals surface area contributed by atoms with Crippen molar-refractivity contribution in [3.8, 4) is 0 Å². The van der Waals surface area contributed by atoms with Gasteiger partial charge in [0, 0.05) is 13.1 Å². The second kappa shape index (κ2) is 12.4. The van der Waals surface area contributed by atoms with Crippen LogP contribution in [-0.2, 0) is 33.8 Å². The van der Waals surface area contributed by atoms with E-state index in [1.807, 2.05) is 13.8 Å². The number of carbonyl (C=O) groups is 5. The quantitative estimate of drug-likeness (QED) is 0.199. The maximum atomic E-state index is 14.2. The molecule has 0 aromatic heterocycles. The third-order valence-corrected chi connectivity index (χ3v) is 11.7. The molecule has 5 atom stereocenters. The summed E-state index contributed by atoms with van der Waals surface area (Å²) in [5.74, 6) is -2.86. The molecule has 2 heterocycles. The van der Waals surface area contributed by atoms with Crippen LogP contribution in [0.2, 0.25) is 0 Å². The van der Waals surface area contributed by atoms with Crippen LogP contribution in [0.3, 0.4) is 0 Å². The van der Waals surface area contributed by atoms with Crippen molar-refractivity contribution in [2.75, 3.05) is 32.0 Å². The van der Waals surface area contributed by atoms with E-state index in [1.165, 1.54) is 11.0 Å². The van der Waals surface area contributed by atoms with Crippen molar-refractivity contribution >= 4 is 39.4 Å². The van der Waals surface area contributed by atoms with E-state index >= 15 is 0 Å². The molecular formula is C30H47N5O8S. The molecule has 0 bridgehead atoms. The van der Waals surface area contributed by atoms with E-state index in [0.717, 1.165) is 19.3 Å². The zero-order chi connectivity index (χ0) is 32.7. The molecule has 2 aliphatic heterocycles. The zero-order valence-electron chi connectivity index (χ0n) is 26.4. The zero-order valence-corrected chi connectivity index (χ0v) is 27.2. The van der Waals surface area contributed by atoms with Crippen LogP contribution in [0.15, 0.2) is 12.7 Å². The molecule has 0 spiro atoms. The molecule has 0 aromatic rings. The first-order chi connectivity index (χ1) is 20.5. The van der Waals surface area contributed by atoms with Gasteiger partial charge in [-0.1, -0.05) is 60.0 Å². The number of ketones is 1. The maximum absolute atomic E-state index is 14.2. The lowest BCUT2D eigenvalue weighted by molar-refractivity contribution is -0.144. The summed E-state index contributed by atoms with van der Waals surface area (Å²) in [5, 5.41) is 10.6. The number of hydrogen-bond donors (Lipinski definition) is 4. The van der Waals surface area contributed by atoms with Crippen molar-refractivity contribution in [2.45, 2.75) is 89.8 Å². The summed E-state index contributed by atoms with van der Waals surface area (Å²) < 4.78 is 31.3. The van der Waals surface area contributed by atoms with Crippen LogP contribution >= 0.6 is 0 Å². The van der Waals surface area contributed by atoms with Gasteiger partial charge in [-0.25, -0.2) is 13.2 Å². The summed E-state index contributed by atoms with van der Waals surface area (Å²) >= 11 is 0. The van der Waals surface area contributed by atoms with Crippen molar-refractivity contribution in [1.82, 2.24) is 26.2 Å². The van der Waals surface area contributed by atoms with Gasteiger partial charge in [-0.2, -0.15) is 0 Å². The second-order valence-corrected chi connectivity index (χ2v) is 16.4. The Morgan fingerprint density at radius 2 is 1.73 bits per heavy atom. The van der Waals surface area contributed by atoms with E-state index in [4.69, 9.17) is 4.74 Å². The second-order valence-electron chi connectivity index (χ2n) is 14.2. The normalized spacial score (nSPS) is 28.6. The lowest BCUT2D eigenvalue weighted by Crippen LogP contribution is -2.65. The molecular weight excluding hydrogens is 590 g/mol. The number of urea groups is 1. The number of nitrogens with one attached hydrogen (secondary N) is 4. The van der Waals surface area contributed by atoms with E-state index in [2.05, 4.69) is 27.8 Å². The number of amides is 5. The van der Waals surface area contributed by atoms with Crippen molar-refractivity contribution in [2.24, 2.45) is 22.7 Å². The van der Waals surface area contributed by atoms with Gasteiger partial charge in [0.05, 0.1) is 24.4 Å². The fourth-order valence-corrected chi connectivity index (χ4v) is 9.05. The number of sulfone groups is 1. The summed E-state index contributed by atoms with van der Waals surface area (Å²) in [6.45, 7) is 12.9. The first kappa shape index (κ1) is 33.9. The summed E-state index contributed by atoms with van der Waals surface area (Å²) in [6.07, 6.45) is 4.70. The fourth-order valence-electron chi connectivity index (χ4n) is 7.22. The average Bonchev–Trinajstić information content (AvgIpc) is 3.27. The Hall–Kier alpha value is -3.00. The minimum absolute atomic E-state index is 0.0541. The number of rotatable bonds is 10. The van der Waals surface area contributed by atoms with Crippen molar-refractivity contribution < 1.29 is 37.1 Å². The number of hydrogen-bond acceptors (Lipinski definition) is 8. The smallest absolute Gasteiger partial charge is 0.316 e. The predicted octanol–water partition coefficient (Wildman–Crippen LogP) is 0.645. The summed E-state index contributed by atoms with van der Waals surface area (Å²) in [4.78, 5) is 66.9. The molecule has 44 heavy (non-hydrogen) atoms. The number of likely N-dealkylation sites (tertiary alicyclic amines) is 1. The largest absolute Gasteiger partial charge is 0.359 e. The topological polar surface area (TPSA) is 180 Å². The van der Waals surface area contributed by atoms with E-state index < -0.39 is 74.4 Å². The Kier molecular flexibility index (Phi) is 9.56. The third-order valence-electron chi connectivity index (χ3n) is 9.75. The highest BCUT2D eigenvalue weighted by molar-refractivity contribution is 7.92. The van der Waals surface area contributed by atoms with Gasteiger partial charge in [0.25, 0.3) is 5.91 Å². The van der Waals surface area contributed by atoms with Gasteiger partial charge in [-0.15, -0.1) is 6.58 Å². The lowest BCUT2D eigenvalue weighted by Gasteiger charge is -2.42. The number of piperidine rings is 1. The number of carbonyl (C=O) groups excluding carboxylic acids is 5. The Balaban J connectivity index is 1.50. The van der Waals surface area contributed by atoms with Crippen molar-refractivity contribution in [3.63, 3.8) is 0 Å². The van der Waals surface area contributed by atoms with Crippen LogP contribution in [0, 0.1) is 22.7 Å². The molecule has 2 saturated carbocycles. The number of nitrogens with zero attached hydrogens (tertiary/aromatic N) is 1. The average molecular weight is 638 g/mol. The van der Waals surface area contributed by atoms with Gasteiger partial charge in [0.15, 0.2) is 15.3 Å². The predicted molar refractivity (Wildman–Crippen MR) is 162 cm³/mol. The highest BCUT2D eigenvalue weighted by atomic mass is 32.2. The van der Waals surface area contributed by atoms with Gasteiger partial charge in [0.1, 0.15) is 12.1 Å². The number of Topliss-reactive ketones (excluding diaryl/α,β-unsaturated/α-hetero) is 1. The first-order valence-corrected chi connectivity index (χ1v) is 17.1. The summed E-state index contributed by atoms with van der Waals surface area (Å²) in [6, 6.07) is -2.61. The summed E-state index contributed by atoms with van der Waals surface area (Å²) in [7, 11) is -3.57. The van der Waals surface area contributed by atoms with Gasteiger partial charge in [-0.3, -0.25) is 19.2 Å². The lowest BCUT2D eigenvalue weighted by atomic mass is 9.82. The first-order valence-electron chi connectivity index (χ1n) is 15.4. The Labute approximate surface area is 259 Å².